The maximum absolute atomic E-state index is 14.6. The number of likely N-dealkylation sites (N-methyl/N-ethyl adjacent to an activating group) is 1. The average Bonchev–Trinajstić information content (AvgIpc) is 3.49. The Morgan fingerprint density at radius 2 is 1.85 bits per heavy atom. The summed E-state index contributed by atoms with van der Waals surface area (Å²) < 4.78 is 11.9. The number of nitrogens with one attached hydrogen (secondary N) is 3. The predicted molar refractivity (Wildman–Crippen MR) is 205 cm³/mol. The van der Waals surface area contributed by atoms with E-state index in [0.29, 0.717) is 42.2 Å². The first-order valence-corrected chi connectivity index (χ1v) is 18.8. The Balaban J connectivity index is 1.47. The van der Waals surface area contributed by atoms with Crippen molar-refractivity contribution in [3.8, 4) is 16.9 Å². The zero-order valence-corrected chi connectivity index (χ0v) is 33.1. The molecule has 0 aromatic heterocycles. The molecule has 53 heavy (non-hydrogen) atoms. The van der Waals surface area contributed by atoms with Gasteiger partial charge in [0.1, 0.15) is 24.0 Å². The predicted octanol–water partition coefficient (Wildman–Crippen LogP) is 3.74. The van der Waals surface area contributed by atoms with E-state index in [-0.39, 0.29) is 36.4 Å². The lowest BCUT2D eigenvalue weighted by Gasteiger charge is -2.62. The van der Waals surface area contributed by atoms with Gasteiger partial charge in [-0.2, -0.15) is 5.06 Å². The molecule has 3 amide bonds. The van der Waals surface area contributed by atoms with Crippen molar-refractivity contribution in [3.05, 3.63) is 47.5 Å². The van der Waals surface area contributed by atoms with Crippen LogP contribution >= 0.6 is 0 Å². The summed E-state index contributed by atoms with van der Waals surface area (Å²) >= 11 is 0. The zero-order chi connectivity index (χ0) is 38.8. The molecule has 6 rings (SSSR count). The quantitative estimate of drug-likeness (QED) is 0.227. The minimum Gasteiger partial charge on any atom is -0.496 e. The Morgan fingerprint density at radius 1 is 1.11 bits per heavy atom. The minimum absolute atomic E-state index is 0.00291. The van der Waals surface area contributed by atoms with Crippen LogP contribution in [0.15, 0.2) is 36.4 Å². The molecule has 1 aliphatic heterocycles. The molecule has 0 unspecified atom stereocenters. The number of aliphatic hydroxyl groups is 1. The molecule has 292 valence electrons. The number of hydrogen-bond donors (Lipinski definition) is 4. The normalized spacial score (nSPS) is 26.7. The summed E-state index contributed by atoms with van der Waals surface area (Å²) in [5.74, 6) is 0.818. The van der Waals surface area contributed by atoms with Crippen LogP contribution < -0.4 is 25.6 Å². The zero-order valence-electron chi connectivity index (χ0n) is 33.1. The molecule has 2 aromatic carbocycles. The number of anilines is 1. The summed E-state index contributed by atoms with van der Waals surface area (Å²) in [6.07, 6.45) is -0.0954. The summed E-state index contributed by atoms with van der Waals surface area (Å²) in [6.45, 7) is 9.42. The standard InChI is InChI=1S/C40H60N6O7/c1-23-31-19-28(40(31,3)4)20-32(23)43-38(49)35-34(24(2)52-39(50)42-14-15-44(6)7)33(22-47)53-46(35)21-25-12-11-13-30(36(25)51-10)26-16-27(37(48)41-5)18-29(17-26)45(8)9/h11-13,16-18,23-24,28,31-35,47H,14-15,19-22H2,1-10H3,(H,41,48)(H,42,50)(H,43,49)/t23-,24-,28+,31+,32-,33-,34+,35-/m0/s1. The fourth-order valence-electron chi connectivity index (χ4n) is 8.79. The lowest BCUT2D eigenvalue weighted by molar-refractivity contribution is -0.183. The molecule has 4 N–H and O–H groups in total. The van der Waals surface area contributed by atoms with Crippen molar-refractivity contribution in [2.45, 2.75) is 71.4 Å². The lowest BCUT2D eigenvalue weighted by Crippen LogP contribution is -2.62. The van der Waals surface area contributed by atoms with E-state index in [1.165, 1.54) is 6.42 Å². The van der Waals surface area contributed by atoms with Gasteiger partial charge in [0.25, 0.3) is 5.91 Å². The fraction of sp³-hybridized carbons (Fsp3) is 0.625. The lowest BCUT2D eigenvalue weighted by atomic mass is 9.45. The molecular weight excluding hydrogens is 676 g/mol. The number of carbonyl (C=O) groups is 3. The summed E-state index contributed by atoms with van der Waals surface area (Å²) in [7, 11) is 10.9. The van der Waals surface area contributed by atoms with Gasteiger partial charge >= 0.3 is 6.09 Å². The molecule has 13 heteroatoms. The van der Waals surface area contributed by atoms with Gasteiger partial charge in [0.2, 0.25) is 5.91 Å². The summed E-state index contributed by atoms with van der Waals surface area (Å²) in [5.41, 5.74) is 3.89. The number of fused-ring (bicyclic) bond motifs is 2. The van der Waals surface area contributed by atoms with Gasteiger partial charge in [0.15, 0.2) is 0 Å². The third kappa shape index (κ3) is 8.43. The van der Waals surface area contributed by atoms with Gasteiger partial charge in [-0.1, -0.05) is 39.0 Å². The van der Waals surface area contributed by atoms with E-state index in [9.17, 15) is 19.5 Å². The molecule has 2 aromatic rings. The number of hydrogen-bond acceptors (Lipinski definition) is 10. The fourth-order valence-corrected chi connectivity index (χ4v) is 8.79. The Bertz CT molecular complexity index is 1630. The average molecular weight is 737 g/mol. The SMILES string of the molecule is CNC(=O)c1cc(-c2cccc(CN3O[C@@H](CO)[C@@H]([C@H](C)OC(=O)NCCN(C)C)[C@H]3C(=O)N[C@H]3C[C@H]4C[C@H]([C@@H]3C)C4(C)C)c2OC)cc(N(C)C)c1. The first-order chi connectivity index (χ1) is 25.1. The van der Waals surface area contributed by atoms with Crippen molar-refractivity contribution >= 4 is 23.6 Å². The molecule has 0 spiro atoms. The van der Waals surface area contributed by atoms with Crippen LogP contribution in [0.25, 0.3) is 11.1 Å². The number of aliphatic hydroxyl groups excluding tert-OH is 1. The number of amides is 3. The van der Waals surface area contributed by atoms with E-state index in [0.717, 1.165) is 28.8 Å². The molecule has 1 saturated heterocycles. The smallest absolute Gasteiger partial charge is 0.407 e. The van der Waals surface area contributed by atoms with Crippen LogP contribution in [0.4, 0.5) is 10.5 Å². The number of carbonyl (C=O) groups excluding carboxylic acids is 3. The van der Waals surface area contributed by atoms with Crippen LogP contribution in [-0.4, -0.2) is 119 Å². The molecule has 2 bridgehead atoms. The number of hydroxylamine groups is 2. The first-order valence-electron chi connectivity index (χ1n) is 18.8. The molecule has 0 radical (unpaired) electrons. The molecule has 13 nitrogen and oxygen atoms in total. The van der Waals surface area contributed by atoms with E-state index in [1.807, 2.05) is 74.4 Å². The summed E-state index contributed by atoms with van der Waals surface area (Å²) in [6, 6.07) is 10.5. The number of methoxy groups -OCH3 is 1. The van der Waals surface area contributed by atoms with Crippen LogP contribution in [0.3, 0.4) is 0 Å². The molecule has 8 atom stereocenters. The number of alkyl carbamates (subject to hydrolysis) is 1. The van der Waals surface area contributed by atoms with Crippen LogP contribution in [-0.2, 0) is 20.9 Å². The highest BCUT2D eigenvalue weighted by Crippen LogP contribution is 2.61. The highest BCUT2D eigenvalue weighted by atomic mass is 16.7. The molecule has 3 aliphatic carbocycles. The summed E-state index contributed by atoms with van der Waals surface area (Å²) in [5, 5.41) is 21.1. The van der Waals surface area contributed by atoms with Crippen molar-refractivity contribution in [3.63, 3.8) is 0 Å². The monoisotopic (exact) mass is 736 g/mol. The third-order valence-corrected chi connectivity index (χ3v) is 12.0. The number of benzene rings is 2. The highest BCUT2D eigenvalue weighted by Gasteiger charge is 2.57. The second-order valence-corrected chi connectivity index (χ2v) is 16.1. The van der Waals surface area contributed by atoms with E-state index in [1.54, 1.807) is 26.1 Å². The van der Waals surface area contributed by atoms with Crippen molar-refractivity contribution in [1.29, 1.82) is 0 Å². The Hall–Kier alpha value is -3.91. The number of nitrogens with zero attached hydrogens (tertiary/aromatic N) is 3. The minimum atomic E-state index is -0.888. The van der Waals surface area contributed by atoms with Crippen molar-refractivity contribution < 1.29 is 33.8 Å². The topological polar surface area (TPSA) is 145 Å². The summed E-state index contributed by atoms with van der Waals surface area (Å²) in [4.78, 5) is 50.5. The largest absolute Gasteiger partial charge is 0.496 e. The van der Waals surface area contributed by atoms with Crippen LogP contribution in [0.1, 0.15) is 56.5 Å². The van der Waals surface area contributed by atoms with Crippen LogP contribution in [0.2, 0.25) is 0 Å². The van der Waals surface area contributed by atoms with Gasteiger partial charge in [-0.05, 0) is 80.8 Å². The van der Waals surface area contributed by atoms with Crippen LogP contribution in [0.5, 0.6) is 5.75 Å². The van der Waals surface area contributed by atoms with Crippen LogP contribution in [0, 0.1) is 29.1 Å². The number of rotatable bonds is 14. The first kappa shape index (κ1) is 40.3. The molecule has 4 fully saturated rings. The molecule has 3 saturated carbocycles. The molecule has 4 aliphatic rings. The van der Waals surface area contributed by atoms with Gasteiger partial charge in [0, 0.05) is 62.7 Å². The van der Waals surface area contributed by atoms with Gasteiger partial charge in [0.05, 0.1) is 26.2 Å². The van der Waals surface area contributed by atoms with Gasteiger partial charge in [-0.3, -0.25) is 14.4 Å². The Morgan fingerprint density at radius 3 is 2.45 bits per heavy atom. The number of para-hydroxylation sites is 1. The van der Waals surface area contributed by atoms with Crippen molar-refractivity contribution in [2.24, 2.45) is 29.1 Å². The molecule has 1 heterocycles. The molecular formula is C40H60N6O7. The Kier molecular flexibility index (Phi) is 12.6. The van der Waals surface area contributed by atoms with E-state index >= 15 is 0 Å². The second kappa shape index (κ2) is 16.6. The second-order valence-electron chi connectivity index (χ2n) is 16.1. The highest BCUT2D eigenvalue weighted by molar-refractivity contribution is 5.97. The van der Waals surface area contributed by atoms with E-state index in [4.69, 9.17) is 14.3 Å². The Labute approximate surface area is 314 Å². The van der Waals surface area contributed by atoms with Crippen molar-refractivity contribution in [1.82, 2.24) is 25.9 Å². The van der Waals surface area contributed by atoms with Gasteiger partial charge in [-0.15, -0.1) is 0 Å². The van der Waals surface area contributed by atoms with E-state index in [2.05, 4.69) is 36.7 Å². The maximum atomic E-state index is 14.6. The van der Waals surface area contributed by atoms with E-state index < -0.39 is 30.3 Å². The van der Waals surface area contributed by atoms with Gasteiger partial charge in [-0.25, -0.2) is 4.79 Å². The van der Waals surface area contributed by atoms with Gasteiger partial charge < -0.3 is 40.3 Å². The maximum Gasteiger partial charge on any atom is 0.407 e. The third-order valence-electron chi connectivity index (χ3n) is 12.0. The van der Waals surface area contributed by atoms with Crippen molar-refractivity contribution in [2.75, 3.05) is 66.9 Å². The number of ether oxygens (including phenoxy) is 2.